The lowest BCUT2D eigenvalue weighted by Crippen LogP contribution is -2.27. The number of carbonyl (C=O) groups excluding carboxylic acids is 3. The molecular formula is C16H22N6O4. The molecule has 0 radical (unpaired) electrons. The zero-order valence-electron chi connectivity index (χ0n) is 15.3. The van der Waals surface area contributed by atoms with Crippen molar-refractivity contribution in [3.63, 3.8) is 0 Å². The number of aromatic nitrogens is 3. The molecule has 3 amide bonds. The van der Waals surface area contributed by atoms with Gasteiger partial charge in [-0.2, -0.15) is 0 Å². The third kappa shape index (κ3) is 4.62. The molecule has 0 aromatic carbocycles. The average molecular weight is 362 g/mol. The summed E-state index contributed by atoms with van der Waals surface area (Å²) >= 11 is 0. The molecule has 0 aliphatic heterocycles. The van der Waals surface area contributed by atoms with Crippen LogP contribution in [0, 0.1) is 0 Å². The molecule has 10 nitrogen and oxygen atoms in total. The van der Waals surface area contributed by atoms with E-state index in [0.717, 1.165) is 0 Å². The first kappa shape index (κ1) is 19.0. The lowest BCUT2D eigenvalue weighted by Gasteiger charge is -2.19. The molecule has 2 heterocycles. The van der Waals surface area contributed by atoms with Crippen molar-refractivity contribution in [3.05, 3.63) is 30.0 Å². The fourth-order valence-electron chi connectivity index (χ4n) is 2.22. The minimum Gasteiger partial charge on any atom is -0.444 e. The smallest absolute Gasteiger partial charge is 0.412 e. The summed E-state index contributed by atoms with van der Waals surface area (Å²) in [4.78, 5) is 39.4. The van der Waals surface area contributed by atoms with Crippen molar-refractivity contribution in [1.29, 1.82) is 0 Å². The van der Waals surface area contributed by atoms with Crippen LogP contribution in [0.1, 0.15) is 41.9 Å². The van der Waals surface area contributed by atoms with E-state index in [1.807, 2.05) is 0 Å². The summed E-state index contributed by atoms with van der Waals surface area (Å²) in [6, 6.07) is 1.50. The van der Waals surface area contributed by atoms with Crippen LogP contribution in [0.5, 0.6) is 0 Å². The van der Waals surface area contributed by atoms with E-state index in [-0.39, 0.29) is 17.3 Å². The third-order valence-electron chi connectivity index (χ3n) is 3.22. The quantitative estimate of drug-likeness (QED) is 0.757. The van der Waals surface area contributed by atoms with Crippen molar-refractivity contribution in [2.45, 2.75) is 26.4 Å². The van der Waals surface area contributed by atoms with Crippen molar-refractivity contribution in [1.82, 2.24) is 14.1 Å². The zero-order valence-corrected chi connectivity index (χ0v) is 15.3. The van der Waals surface area contributed by atoms with Gasteiger partial charge in [0.15, 0.2) is 5.82 Å². The maximum absolute atomic E-state index is 12.4. The number of aryl methyl sites for hydroxylation is 2. The average Bonchev–Trinajstić information content (AvgIpc) is 2.99. The first-order valence-corrected chi connectivity index (χ1v) is 7.77. The van der Waals surface area contributed by atoms with Crippen LogP contribution >= 0.6 is 0 Å². The van der Waals surface area contributed by atoms with Gasteiger partial charge in [-0.15, -0.1) is 0 Å². The number of anilines is 2. The molecule has 0 aliphatic carbocycles. The SMILES string of the molecule is Cn1cc(NC(=O)OC(C)(C)C)cc1C(=O)Nc1cn(C)c(C(N)=O)n1. The summed E-state index contributed by atoms with van der Waals surface area (Å²) in [5, 5.41) is 5.14. The highest BCUT2D eigenvalue weighted by atomic mass is 16.6. The first-order chi connectivity index (χ1) is 12.0. The molecule has 0 atom stereocenters. The number of hydrogen-bond donors (Lipinski definition) is 3. The molecule has 2 aromatic rings. The second kappa shape index (κ2) is 6.90. The molecule has 4 N–H and O–H groups in total. The molecule has 2 aromatic heterocycles. The summed E-state index contributed by atoms with van der Waals surface area (Å²) in [5.41, 5.74) is 5.26. The van der Waals surface area contributed by atoms with Crippen LogP contribution in [0.4, 0.5) is 16.3 Å². The number of imidazole rings is 1. The van der Waals surface area contributed by atoms with Crippen molar-refractivity contribution < 1.29 is 19.1 Å². The molecular weight excluding hydrogens is 340 g/mol. The lowest BCUT2D eigenvalue weighted by molar-refractivity contribution is 0.0635. The Morgan fingerprint density at radius 1 is 1.12 bits per heavy atom. The Labute approximate surface area is 150 Å². The number of nitrogens with two attached hydrogens (primary N) is 1. The van der Waals surface area contributed by atoms with Gasteiger partial charge in [-0.05, 0) is 26.8 Å². The second-order valence-corrected chi connectivity index (χ2v) is 6.73. The number of carbonyl (C=O) groups is 3. The standard InChI is InChI=1S/C16H22N6O4/c1-16(2,3)26-15(25)18-9-6-10(21(4)7-9)14(24)20-11-8-22(5)13(19-11)12(17)23/h6-8H,1-5H3,(H2,17,23)(H,18,25)(H,20,24). The molecule has 0 spiro atoms. The molecule has 0 saturated heterocycles. The second-order valence-electron chi connectivity index (χ2n) is 6.73. The van der Waals surface area contributed by atoms with Gasteiger partial charge in [0.2, 0.25) is 5.82 Å². The molecule has 0 fully saturated rings. The van der Waals surface area contributed by atoms with Crippen LogP contribution in [0.2, 0.25) is 0 Å². The van der Waals surface area contributed by atoms with Crippen LogP contribution in [0.3, 0.4) is 0 Å². The predicted octanol–water partition coefficient (Wildman–Crippen LogP) is 1.46. The van der Waals surface area contributed by atoms with Gasteiger partial charge in [-0.1, -0.05) is 0 Å². The molecule has 2 rings (SSSR count). The highest BCUT2D eigenvalue weighted by molar-refractivity contribution is 6.04. The fraction of sp³-hybridized carbons (Fsp3) is 0.375. The summed E-state index contributed by atoms with van der Waals surface area (Å²) in [7, 11) is 3.25. The number of ether oxygens (including phenoxy) is 1. The summed E-state index contributed by atoms with van der Waals surface area (Å²) < 4.78 is 8.13. The Hall–Kier alpha value is -3.30. The summed E-state index contributed by atoms with van der Waals surface area (Å²) in [5.74, 6) is -0.941. The van der Waals surface area contributed by atoms with Crippen molar-refractivity contribution in [2.24, 2.45) is 19.8 Å². The molecule has 0 unspecified atom stereocenters. The normalized spacial score (nSPS) is 11.1. The topological polar surface area (TPSA) is 133 Å². The molecule has 140 valence electrons. The van der Waals surface area contributed by atoms with E-state index in [1.165, 1.54) is 16.8 Å². The predicted molar refractivity (Wildman–Crippen MR) is 94.9 cm³/mol. The van der Waals surface area contributed by atoms with E-state index in [1.54, 1.807) is 45.6 Å². The van der Waals surface area contributed by atoms with Gasteiger partial charge >= 0.3 is 6.09 Å². The van der Waals surface area contributed by atoms with Crippen molar-refractivity contribution in [2.75, 3.05) is 10.6 Å². The van der Waals surface area contributed by atoms with E-state index in [4.69, 9.17) is 10.5 Å². The number of nitrogens with zero attached hydrogens (tertiary/aromatic N) is 3. The maximum atomic E-state index is 12.4. The molecule has 10 heteroatoms. The largest absolute Gasteiger partial charge is 0.444 e. The van der Waals surface area contributed by atoms with Crippen LogP contribution in [-0.4, -0.2) is 37.6 Å². The van der Waals surface area contributed by atoms with Gasteiger partial charge in [0.25, 0.3) is 11.8 Å². The number of nitrogens with one attached hydrogen (secondary N) is 2. The lowest BCUT2D eigenvalue weighted by atomic mass is 10.2. The Balaban J connectivity index is 2.10. The van der Waals surface area contributed by atoms with Crippen molar-refractivity contribution >= 4 is 29.4 Å². The molecule has 0 aliphatic rings. The van der Waals surface area contributed by atoms with Crippen molar-refractivity contribution in [3.8, 4) is 0 Å². The highest BCUT2D eigenvalue weighted by Gasteiger charge is 2.19. The number of primary amides is 1. The van der Waals surface area contributed by atoms with E-state index in [2.05, 4.69) is 15.6 Å². The van der Waals surface area contributed by atoms with Gasteiger partial charge in [0, 0.05) is 26.5 Å². The van der Waals surface area contributed by atoms with Crippen LogP contribution in [0.15, 0.2) is 18.5 Å². The van der Waals surface area contributed by atoms with Crippen LogP contribution in [0.25, 0.3) is 0 Å². The summed E-state index contributed by atoms with van der Waals surface area (Å²) in [6.07, 6.45) is 2.43. The van der Waals surface area contributed by atoms with E-state index in [0.29, 0.717) is 5.69 Å². The molecule has 0 saturated carbocycles. The number of rotatable bonds is 4. The van der Waals surface area contributed by atoms with E-state index >= 15 is 0 Å². The zero-order chi connectivity index (χ0) is 19.6. The Morgan fingerprint density at radius 3 is 2.31 bits per heavy atom. The molecule has 0 bridgehead atoms. The minimum atomic E-state index is -0.698. The van der Waals surface area contributed by atoms with Gasteiger partial charge in [-0.25, -0.2) is 9.78 Å². The number of hydrogen-bond acceptors (Lipinski definition) is 5. The molecule has 26 heavy (non-hydrogen) atoms. The van der Waals surface area contributed by atoms with Crippen LogP contribution in [-0.2, 0) is 18.8 Å². The van der Waals surface area contributed by atoms with Gasteiger partial charge < -0.3 is 24.9 Å². The first-order valence-electron chi connectivity index (χ1n) is 7.77. The van der Waals surface area contributed by atoms with E-state index in [9.17, 15) is 14.4 Å². The maximum Gasteiger partial charge on any atom is 0.412 e. The third-order valence-corrected chi connectivity index (χ3v) is 3.22. The fourth-order valence-corrected chi connectivity index (χ4v) is 2.22. The number of amides is 3. The van der Waals surface area contributed by atoms with Crippen LogP contribution < -0.4 is 16.4 Å². The summed E-state index contributed by atoms with van der Waals surface area (Å²) in [6.45, 7) is 5.26. The minimum absolute atomic E-state index is 0.0273. The Bertz CT molecular complexity index is 859. The Kier molecular flexibility index (Phi) is 5.05. The monoisotopic (exact) mass is 362 g/mol. The van der Waals surface area contributed by atoms with E-state index < -0.39 is 23.5 Å². The van der Waals surface area contributed by atoms with Gasteiger partial charge in [-0.3, -0.25) is 14.9 Å². The highest BCUT2D eigenvalue weighted by Crippen LogP contribution is 2.17. The Morgan fingerprint density at radius 2 is 1.77 bits per heavy atom. The van der Waals surface area contributed by atoms with Gasteiger partial charge in [0.1, 0.15) is 11.3 Å². The van der Waals surface area contributed by atoms with Gasteiger partial charge in [0.05, 0.1) is 5.69 Å².